The average molecular weight is 278 g/mol. The molecule has 0 spiro atoms. The van der Waals surface area contributed by atoms with E-state index in [1.807, 2.05) is 0 Å². The fraction of sp³-hybridized carbons (Fsp3) is 0.125. The molecule has 0 aliphatic carbocycles. The number of hydrogen-bond donors (Lipinski definition) is 2. The SMILES string of the molecule is C=CCN=C1Nc2cc(Cl)sc2S(=O)(=O)N1. The minimum atomic E-state index is -3.54. The molecule has 0 bridgehead atoms. The Labute approximate surface area is 102 Å². The van der Waals surface area contributed by atoms with E-state index in [1.165, 1.54) is 0 Å². The van der Waals surface area contributed by atoms with E-state index in [9.17, 15) is 8.42 Å². The highest BCUT2D eigenvalue weighted by Crippen LogP contribution is 2.36. The minimum Gasteiger partial charge on any atom is -0.324 e. The van der Waals surface area contributed by atoms with E-state index in [2.05, 4.69) is 21.6 Å². The molecular formula is C8H8ClN3O2S2. The summed E-state index contributed by atoms with van der Waals surface area (Å²) < 4.78 is 26.4. The zero-order valence-electron chi connectivity index (χ0n) is 8.03. The maximum absolute atomic E-state index is 11.8. The van der Waals surface area contributed by atoms with Crippen molar-refractivity contribution in [3.05, 3.63) is 23.1 Å². The van der Waals surface area contributed by atoms with E-state index < -0.39 is 10.0 Å². The Bertz CT molecular complexity index is 562. The Morgan fingerprint density at radius 3 is 3.06 bits per heavy atom. The third-order valence-corrected chi connectivity index (χ3v) is 4.91. The van der Waals surface area contributed by atoms with Crippen LogP contribution in [0.3, 0.4) is 0 Å². The monoisotopic (exact) mass is 277 g/mol. The quantitative estimate of drug-likeness (QED) is 0.808. The van der Waals surface area contributed by atoms with Crippen molar-refractivity contribution < 1.29 is 8.42 Å². The van der Waals surface area contributed by atoms with Gasteiger partial charge in [0.05, 0.1) is 16.6 Å². The molecule has 1 aliphatic rings. The molecule has 0 atom stereocenters. The molecule has 0 radical (unpaired) electrons. The van der Waals surface area contributed by atoms with Crippen LogP contribution in [-0.2, 0) is 10.0 Å². The average Bonchev–Trinajstić information content (AvgIpc) is 2.56. The van der Waals surface area contributed by atoms with Gasteiger partial charge in [-0.25, -0.2) is 18.1 Å². The Hall–Kier alpha value is -1.05. The molecule has 86 valence electrons. The van der Waals surface area contributed by atoms with Crippen LogP contribution in [0, 0.1) is 0 Å². The van der Waals surface area contributed by atoms with Gasteiger partial charge in [-0.3, -0.25) is 0 Å². The predicted octanol–water partition coefficient (Wildman–Crippen LogP) is 1.65. The number of guanidine groups is 1. The molecule has 0 aromatic carbocycles. The molecule has 2 rings (SSSR count). The van der Waals surface area contributed by atoms with Crippen molar-refractivity contribution >= 4 is 44.6 Å². The second-order valence-electron chi connectivity index (χ2n) is 2.96. The number of nitrogens with zero attached hydrogens (tertiary/aromatic N) is 1. The molecule has 1 aliphatic heterocycles. The van der Waals surface area contributed by atoms with Crippen LogP contribution in [0.2, 0.25) is 4.34 Å². The molecule has 0 unspecified atom stereocenters. The Morgan fingerprint density at radius 1 is 1.62 bits per heavy atom. The fourth-order valence-electron chi connectivity index (χ4n) is 1.19. The summed E-state index contributed by atoms with van der Waals surface area (Å²) in [7, 11) is -3.54. The number of halogens is 1. The van der Waals surface area contributed by atoms with E-state index in [4.69, 9.17) is 11.6 Å². The summed E-state index contributed by atoms with van der Waals surface area (Å²) in [4.78, 5) is 3.96. The molecule has 1 aromatic rings. The number of hydrogen-bond acceptors (Lipinski definition) is 4. The van der Waals surface area contributed by atoms with Gasteiger partial charge in [-0.1, -0.05) is 17.7 Å². The molecule has 0 amide bonds. The number of aliphatic imine (C=N–C) groups is 1. The summed E-state index contributed by atoms with van der Waals surface area (Å²) >= 11 is 6.76. The summed E-state index contributed by atoms with van der Waals surface area (Å²) in [6.07, 6.45) is 1.57. The number of nitrogens with one attached hydrogen (secondary N) is 2. The Balaban J connectivity index is 2.44. The molecule has 2 heterocycles. The van der Waals surface area contributed by atoms with Crippen molar-refractivity contribution in [3.63, 3.8) is 0 Å². The number of thiophene rings is 1. The van der Waals surface area contributed by atoms with Gasteiger partial charge in [0.1, 0.15) is 0 Å². The van der Waals surface area contributed by atoms with Gasteiger partial charge in [0.25, 0.3) is 10.0 Å². The first-order valence-electron chi connectivity index (χ1n) is 4.27. The molecule has 1 aromatic heterocycles. The van der Waals surface area contributed by atoms with Crippen molar-refractivity contribution in [3.8, 4) is 0 Å². The molecular weight excluding hydrogens is 270 g/mol. The lowest BCUT2D eigenvalue weighted by Gasteiger charge is -2.17. The largest absolute Gasteiger partial charge is 0.324 e. The molecule has 16 heavy (non-hydrogen) atoms. The number of rotatable bonds is 2. The van der Waals surface area contributed by atoms with Crippen LogP contribution in [0.5, 0.6) is 0 Å². The van der Waals surface area contributed by atoms with Gasteiger partial charge in [-0.15, -0.1) is 17.9 Å². The number of anilines is 1. The first-order valence-corrected chi connectivity index (χ1v) is 6.95. The molecule has 0 saturated carbocycles. The van der Waals surface area contributed by atoms with Crippen molar-refractivity contribution in [1.29, 1.82) is 0 Å². The van der Waals surface area contributed by atoms with Crippen LogP contribution in [0.25, 0.3) is 0 Å². The number of sulfonamides is 1. The fourth-order valence-corrected chi connectivity index (χ4v) is 3.93. The second-order valence-corrected chi connectivity index (χ2v) is 6.52. The summed E-state index contributed by atoms with van der Waals surface area (Å²) in [5.41, 5.74) is 0.455. The topological polar surface area (TPSA) is 70.6 Å². The van der Waals surface area contributed by atoms with Crippen molar-refractivity contribution in [2.45, 2.75) is 4.21 Å². The molecule has 0 fully saturated rings. The zero-order valence-corrected chi connectivity index (χ0v) is 10.4. The highest BCUT2D eigenvalue weighted by atomic mass is 35.5. The van der Waals surface area contributed by atoms with Crippen LogP contribution in [-0.4, -0.2) is 20.9 Å². The Morgan fingerprint density at radius 2 is 2.38 bits per heavy atom. The van der Waals surface area contributed by atoms with E-state index in [1.54, 1.807) is 12.1 Å². The van der Waals surface area contributed by atoms with E-state index in [0.29, 0.717) is 16.6 Å². The van der Waals surface area contributed by atoms with Crippen molar-refractivity contribution in [1.82, 2.24) is 4.72 Å². The maximum Gasteiger partial charge on any atom is 0.275 e. The lowest BCUT2D eigenvalue weighted by atomic mass is 10.5. The summed E-state index contributed by atoms with van der Waals surface area (Å²) in [6, 6.07) is 1.56. The molecule has 5 nitrogen and oxygen atoms in total. The van der Waals surface area contributed by atoms with Crippen LogP contribution in [0.15, 0.2) is 27.9 Å². The first kappa shape index (κ1) is 11.4. The van der Waals surface area contributed by atoms with E-state index in [0.717, 1.165) is 11.3 Å². The van der Waals surface area contributed by atoms with Crippen molar-refractivity contribution in [2.75, 3.05) is 11.9 Å². The first-order chi connectivity index (χ1) is 7.53. The van der Waals surface area contributed by atoms with Gasteiger partial charge >= 0.3 is 0 Å². The van der Waals surface area contributed by atoms with Gasteiger partial charge in [0.15, 0.2) is 4.21 Å². The van der Waals surface area contributed by atoms with Gasteiger partial charge in [0, 0.05) is 0 Å². The molecule has 8 heteroatoms. The van der Waals surface area contributed by atoms with Crippen LogP contribution in [0.4, 0.5) is 5.69 Å². The highest BCUT2D eigenvalue weighted by Gasteiger charge is 2.29. The van der Waals surface area contributed by atoms with E-state index in [-0.39, 0.29) is 10.2 Å². The van der Waals surface area contributed by atoms with Gasteiger partial charge in [0.2, 0.25) is 5.96 Å². The van der Waals surface area contributed by atoms with Gasteiger partial charge in [-0.2, -0.15) is 0 Å². The third kappa shape index (κ3) is 2.06. The Kier molecular flexibility index (Phi) is 2.92. The lowest BCUT2D eigenvalue weighted by molar-refractivity contribution is 0.594. The summed E-state index contributed by atoms with van der Waals surface area (Å²) in [5, 5.41) is 2.85. The normalized spacial score (nSPS) is 19.7. The third-order valence-electron chi connectivity index (χ3n) is 1.77. The van der Waals surface area contributed by atoms with Gasteiger partial charge < -0.3 is 5.32 Å². The summed E-state index contributed by atoms with van der Waals surface area (Å²) in [6.45, 7) is 3.83. The summed E-state index contributed by atoms with van der Waals surface area (Å²) in [5.74, 6) is 0.182. The maximum atomic E-state index is 11.8. The standard InChI is InChI=1S/C8H8ClN3O2S2/c1-2-3-10-8-11-5-4-6(9)15-7(5)16(13,14)12-8/h2,4H,1,3H2,(H2,10,11,12). The van der Waals surface area contributed by atoms with Gasteiger partial charge in [-0.05, 0) is 6.07 Å². The van der Waals surface area contributed by atoms with Crippen LogP contribution < -0.4 is 10.0 Å². The van der Waals surface area contributed by atoms with E-state index >= 15 is 0 Å². The van der Waals surface area contributed by atoms with Crippen LogP contribution in [0.1, 0.15) is 0 Å². The number of fused-ring (bicyclic) bond motifs is 1. The van der Waals surface area contributed by atoms with Crippen LogP contribution >= 0.6 is 22.9 Å². The molecule has 0 saturated heterocycles. The second kappa shape index (κ2) is 4.08. The molecule has 2 N–H and O–H groups in total. The smallest absolute Gasteiger partial charge is 0.275 e. The predicted molar refractivity (Wildman–Crippen MR) is 65.8 cm³/mol. The zero-order chi connectivity index (χ0) is 11.8. The van der Waals surface area contributed by atoms with Crippen molar-refractivity contribution in [2.24, 2.45) is 4.99 Å². The highest BCUT2D eigenvalue weighted by molar-refractivity contribution is 7.92. The minimum absolute atomic E-state index is 0.176. The lowest BCUT2D eigenvalue weighted by Crippen LogP contribution is -2.40.